The first-order chi connectivity index (χ1) is 16.0. The fourth-order valence-corrected chi connectivity index (χ4v) is 5.24. The van der Waals surface area contributed by atoms with Crippen molar-refractivity contribution in [3.63, 3.8) is 0 Å². The molecule has 0 aliphatic carbocycles. The van der Waals surface area contributed by atoms with Gasteiger partial charge in [0.15, 0.2) is 0 Å². The molecule has 4 rings (SSSR count). The lowest BCUT2D eigenvalue weighted by molar-refractivity contribution is -0.143. The van der Waals surface area contributed by atoms with Crippen molar-refractivity contribution in [2.24, 2.45) is 12.5 Å². The molecule has 1 saturated heterocycles. The average molecular weight is 464 g/mol. The number of carbonyl (C=O) groups is 1. The number of nitrogens with one attached hydrogen (secondary N) is 1. The number of aromatic amines is 1. The molecule has 34 heavy (non-hydrogen) atoms. The molecule has 0 bridgehead atoms. The van der Waals surface area contributed by atoms with Gasteiger partial charge in [-0.25, -0.2) is 0 Å². The molecule has 2 N–H and O–H groups in total. The third-order valence-electron chi connectivity index (χ3n) is 7.32. The van der Waals surface area contributed by atoms with Crippen molar-refractivity contribution >= 4 is 16.8 Å². The average Bonchev–Trinajstić information content (AvgIpc) is 3.21. The van der Waals surface area contributed by atoms with E-state index in [2.05, 4.69) is 37.0 Å². The fraction of sp³-hybridized carbons (Fsp3) is 0.500. The number of hydrogen-bond acceptors (Lipinski definition) is 3. The molecule has 0 atom stereocenters. The molecule has 6 heteroatoms. The molecule has 0 spiro atoms. The first-order valence-corrected chi connectivity index (χ1v) is 12.3. The fourth-order valence-electron chi connectivity index (χ4n) is 5.24. The molecular weight excluding hydrogens is 426 g/mol. The van der Waals surface area contributed by atoms with Gasteiger partial charge < -0.3 is 19.6 Å². The van der Waals surface area contributed by atoms with E-state index >= 15 is 0 Å². The summed E-state index contributed by atoms with van der Waals surface area (Å²) in [6.07, 6.45) is 3.76. The number of pyridine rings is 1. The van der Waals surface area contributed by atoms with Gasteiger partial charge in [-0.1, -0.05) is 19.9 Å². The smallest absolute Gasteiger partial charge is 0.253 e. The molecule has 1 aliphatic rings. The van der Waals surface area contributed by atoms with Crippen molar-refractivity contribution in [2.75, 3.05) is 19.7 Å². The van der Waals surface area contributed by atoms with Crippen molar-refractivity contribution in [2.45, 2.75) is 59.3 Å². The van der Waals surface area contributed by atoms with Gasteiger partial charge in [-0.2, -0.15) is 0 Å². The van der Waals surface area contributed by atoms with E-state index in [4.69, 9.17) is 0 Å². The lowest BCUT2D eigenvalue weighted by Crippen LogP contribution is -2.46. The Morgan fingerprint density at radius 2 is 1.88 bits per heavy atom. The van der Waals surface area contributed by atoms with Gasteiger partial charge in [0.05, 0.1) is 17.7 Å². The van der Waals surface area contributed by atoms with Gasteiger partial charge in [-0.15, -0.1) is 0 Å². The summed E-state index contributed by atoms with van der Waals surface area (Å²) in [5.41, 5.74) is 5.83. The Labute approximate surface area is 201 Å². The van der Waals surface area contributed by atoms with E-state index in [9.17, 15) is 14.7 Å². The number of aliphatic hydroxyl groups excluding tert-OH is 1. The van der Waals surface area contributed by atoms with Crippen molar-refractivity contribution in [1.29, 1.82) is 0 Å². The number of fused-ring (bicyclic) bond motifs is 1. The number of carbonyl (C=O) groups excluding carboxylic acids is 1. The van der Waals surface area contributed by atoms with Crippen molar-refractivity contribution in [3.05, 3.63) is 57.5 Å². The van der Waals surface area contributed by atoms with E-state index in [1.54, 1.807) is 25.5 Å². The monoisotopic (exact) mass is 463 g/mol. The molecule has 1 aromatic carbocycles. The number of aromatic nitrogens is 2. The van der Waals surface area contributed by atoms with Crippen LogP contribution in [-0.2, 0) is 11.8 Å². The largest absolute Gasteiger partial charge is 0.395 e. The molecule has 0 unspecified atom stereocenters. The summed E-state index contributed by atoms with van der Waals surface area (Å²) in [5.74, 6) is 0.759. The number of rotatable bonds is 5. The van der Waals surface area contributed by atoms with E-state index in [1.165, 1.54) is 16.5 Å². The van der Waals surface area contributed by atoms with Crippen LogP contribution in [0.5, 0.6) is 0 Å². The third-order valence-corrected chi connectivity index (χ3v) is 7.32. The lowest BCUT2D eigenvalue weighted by Gasteiger charge is -2.36. The molecule has 6 nitrogen and oxygen atoms in total. The normalized spacial score (nSPS) is 15.5. The zero-order valence-electron chi connectivity index (χ0n) is 21.2. The van der Waals surface area contributed by atoms with Crippen LogP contribution in [0.2, 0.25) is 0 Å². The minimum Gasteiger partial charge on any atom is -0.395 e. The standard InChI is InChI=1S/C28H37N3O3/c1-17(2)24-22-14-20(19-9-11-31(12-10-19)27(34)28(4,5)16-32)7-8-23(22)29-25(24)21-13-18(3)26(33)30(6)15-21/h7-8,13-15,17,19,29,32H,9-12,16H2,1-6H3. The summed E-state index contributed by atoms with van der Waals surface area (Å²) in [7, 11) is 1.80. The number of aliphatic hydroxyl groups is 1. The van der Waals surface area contributed by atoms with Gasteiger partial charge in [-0.3, -0.25) is 9.59 Å². The Kier molecular flexibility index (Phi) is 6.47. The van der Waals surface area contributed by atoms with Crippen LogP contribution >= 0.6 is 0 Å². The number of H-pyrrole nitrogens is 1. The van der Waals surface area contributed by atoms with E-state index in [-0.39, 0.29) is 18.1 Å². The summed E-state index contributed by atoms with van der Waals surface area (Å²) >= 11 is 0. The second-order valence-electron chi connectivity index (χ2n) is 10.8. The van der Waals surface area contributed by atoms with Crippen molar-refractivity contribution in [3.8, 4) is 11.3 Å². The number of hydrogen-bond donors (Lipinski definition) is 2. The zero-order chi connectivity index (χ0) is 24.8. The molecule has 1 amide bonds. The number of benzene rings is 1. The summed E-state index contributed by atoms with van der Waals surface area (Å²) in [6.45, 7) is 11.2. The van der Waals surface area contributed by atoms with Crippen LogP contribution in [0.3, 0.4) is 0 Å². The summed E-state index contributed by atoms with van der Waals surface area (Å²) in [6, 6.07) is 8.67. The molecule has 3 heterocycles. The Bertz CT molecular complexity index is 1250. The second-order valence-corrected chi connectivity index (χ2v) is 10.8. The molecule has 1 fully saturated rings. The number of nitrogens with zero attached hydrogens (tertiary/aromatic N) is 2. The van der Waals surface area contributed by atoms with Gasteiger partial charge in [0.25, 0.3) is 5.56 Å². The van der Waals surface area contributed by atoms with Crippen LogP contribution in [0, 0.1) is 12.3 Å². The van der Waals surface area contributed by atoms with Gasteiger partial charge in [0.1, 0.15) is 0 Å². The van der Waals surface area contributed by atoms with Crippen LogP contribution in [0.4, 0.5) is 0 Å². The molecule has 182 valence electrons. The first kappa shape index (κ1) is 24.3. The maximum absolute atomic E-state index is 12.7. The molecule has 0 radical (unpaired) electrons. The van der Waals surface area contributed by atoms with Crippen molar-refractivity contribution in [1.82, 2.24) is 14.5 Å². The summed E-state index contributed by atoms with van der Waals surface area (Å²) in [5, 5.41) is 10.8. The summed E-state index contributed by atoms with van der Waals surface area (Å²) < 4.78 is 1.65. The molecular formula is C28H37N3O3. The lowest BCUT2D eigenvalue weighted by atomic mass is 9.86. The van der Waals surface area contributed by atoms with Gasteiger partial charge in [0, 0.05) is 48.4 Å². The Morgan fingerprint density at radius 3 is 2.47 bits per heavy atom. The van der Waals surface area contributed by atoms with E-state index in [1.807, 2.05) is 24.1 Å². The van der Waals surface area contributed by atoms with Crippen LogP contribution in [0.15, 0.2) is 35.3 Å². The molecule has 0 saturated carbocycles. The highest BCUT2D eigenvalue weighted by Gasteiger charge is 2.34. The maximum atomic E-state index is 12.7. The number of amides is 1. The highest BCUT2D eigenvalue weighted by molar-refractivity contribution is 5.92. The summed E-state index contributed by atoms with van der Waals surface area (Å²) in [4.78, 5) is 30.5. The first-order valence-electron chi connectivity index (χ1n) is 12.3. The topological polar surface area (TPSA) is 78.3 Å². The van der Waals surface area contributed by atoms with Crippen LogP contribution in [0.25, 0.3) is 22.2 Å². The maximum Gasteiger partial charge on any atom is 0.253 e. The Morgan fingerprint density at radius 1 is 1.21 bits per heavy atom. The number of aryl methyl sites for hydroxylation is 2. The second kappa shape index (κ2) is 9.06. The van der Waals surface area contributed by atoms with Gasteiger partial charge >= 0.3 is 0 Å². The molecule has 1 aliphatic heterocycles. The highest BCUT2D eigenvalue weighted by atomic mass is 16.3. The van der Waals surface area contributed by atoms with Crippen LogP contribution in [-0.4, -0.2) is 45.2 Å². The van der Waals surface area contributed by atoms with Crippen molar-refractivity contribution < 1.29 is 9.90 Å². The quantitative estimate of drug-likeness (QED) is 0.576. The predicted molar refractivity (Wildman–Crippen MR) is 137 cm³/mol. The molecule has 2 aromatic heterocycles. The van der Waals surface area contributed by atoms with Crippen LogP contribution < -0.4 is 5.56 Å². The highest BCUT2D eigenvalue weighted by Crippen LogP contribution is 2.38. The zero-order valence-corrected chi connectivity index (χ0v) is 21.2. The van der Waals surface area contributed by atoms with Gasteiger partial charge in [0.2, 0.25) is 5.91 Å². The van der Waals surface area contributed by atoms with Gasteiger partial charge in [-0.05, 0) is 74.8 Å². The third kappa shape index (κ3) is 4.31. The Balaban J connectivity index is 1.66. The number of piperidine rings is 1. The number of likely N-dealkylation sites (tertiary alicyclic amines) is 1. The van der Waals surface area contributed by atoms with E-state index < -0.39 is 5.41 Å². The van der Waals surface area contributed by atoms with E-state index in [0.717, 1.165) is 48.3 Å². The minimum atomic E-state index is -0.723. The Hall–Kier alpha value is -2.86. The minimum absolute atomic E-state index is 0.0282. The van der Waals surface area contributed by atoms with Crippen LogP contribution in [0.1, 0.15) is 69.1 Å². The SMILES string of the molecule is Cc1cc(-c2[nH]c3ccc(C4CCN(C(=O)C(C)(C)CO)CC4)cc3c2C(C)C)cn(C)c1=O. The molecule has 3 aromatic rings. The van der Waals surface area contributed by atoms with E-state index in [0.29, 0.717) is 11.8 Å². The predicted octanol–water partition coefficient (Wildman–Crippen LogP) is 4.69.